The molecule has 33 heavy (non-hydrogen) atoms. The Kier molecular flexibility index (Phi) is 8.66. The summed E-state index contributed by atoms with van der Waals surface area (Å²) in [6.07, 6.45) is 0.677. The SMILES string of the molecule is COc1cccc(NC(=O)C(OC(=O)CCC(=O)c2ccc(SC)cc2)c2ccccc2)c1. The summed E-state index contributed by atoms with van der Waals surface area (Å²) in [4.78, 5) is 39.0. The molecule has 0 saturated heterocycles. The quantitative estimate of drug-likeness (QED) is 0.250. The van der Waals surface area contributed by atoms with Crippen LogP contribution >= 0.6 is 11.8 Å². The molecule has 170 valence electrons. The van der Waals surface area contributed by atoms with Crippen LogP contribution in [0.4, 0.5) is 5.69 Å². The Balaban J connectivity index is 1.66. The maximum Gasteiger partial charge on any atom is 0.307 e. The highest BCUT2D eigenvalue weighted by Crippen LogP contribution is 2.23. The van der Waals surface area contributed by atoms with E-state index in [0.29, 0.717) is 22.6 Å². The third-order valence-corrected chi connectivity index (χ3v) is 5.64. The van der Waals surface area contributed by atoms with E-state index >= 15 is 0 Å². The summed E-state index contributed by atoms with van der Waals surface area (Å²) in [5.41, 5.74) is 1.58. The average molecular weight is 464 g/mol. The van der Waals surface area contributed by atoms with Crippen LogP contribution in [0.1, 0.15) is 34.9 Å². The van der Waals surface area contributed by atoms with Crippen LogP contribution < -0.4 is 10.1 Å². The predicted molar refractivity (Wildman–Crippen MR) is 129 cm³/mol. The van der Waals surface area contributed by atoms with Crippen LogP contribution in [0, 0.1) is 0 Å². The number of methoxy groups -OCH3 is 1. The van der Waals surface area contributed by atoms with Crippen molar-refractivity contribution < 1.29 is 23.9 Å². The van der Waals surface area contributed by atoms with Crippen molar-refractivity contribution in [3.05, 3.63) is 90.0 Å². The van der Waals surface area contributed by atoms with Crippen molar-refractivity contribution in [3.8, 4) is 5.75 Å². The Bertz CT molecular complexity index is 1100. The third kappa shape index (κ3) is 6.95. The summed E-state index contributed by atoms with van der Waals surface area (Å²) >= 11 is 1.59. The second kappa shape index (κ2) is 11.9. The lowest BCUT2D eigenvalue weighted by atomic mass is 10.1. The maximum atomic E-state index is 13.0. The zero-order chi connectivity index (χ0) is 23.6. The van der Waals surface area contributed by atoms with Gasteiger partial charge >= 0.3 is 5.97 Å². The van der Waals surface area contributed by atoms with E-state index in [-0.39, 0.29) is 18.6 Å². The van der Waals surface area contributed by atoms with Crippen molar-refractivity contribution in [2.45, 2.75) is 23.8 Å². The van der Waals surface area contributed by atoms with Crippen molar-refractivity contribution in [1.82, 2.24) is 0 Å². The van der Waals surface area contributed by atoms with Gasteiger partial charge in [-0.2, -0.15) is 0 Å². The molecule has 0 aliphatic heterocycles. The standard InChI is InChI=1S/C26H25NO5S/c1-31-21-10-6-9-20(17-21)27-26(30)25(19-7-4-3-5-8-19)32-24(29)16-15-23(28)18-11-13-22(33-2)14-12-18/h3-14,17,25H,15-16H2,1-2H3,(H,27,30). The van der Waals surface area contributed by atoms with Crippen LogP contribution in [0.2, 0.25) is 0 Å². The number of esters is 1. The van der Waals surface area contributed by atoms with Crippen molar-refractivity contribution in [1.29, 1.82) is 0 Å². The molecule has 1 atom stereocenters. The van der Waals surface area contributed by atoms with E-state index in [1.807, 2.05) is 24.5 Å². The van der Waals surface area contributed by atoms with Gasteiger partial charge in [-0.25, -0.2) is 0 Å². The van der Waals surface area contributed by atoms with Crippen LogP contribution in [0.3, 0.4) is 0 Å². The average Bonchev–Trinajstić information content (AvgIpc) is 2.86. The van der Waals surface area contributed by atoms with Crippen LogP contribution in [-0.2, 0) is 14.3 Å². The molecule has 7 heteroatoms. The molecule has 0 aliphatic carbocycles. The van der Waals surface area contributed by atoms with E-state index < -0.39 is 18.0 Å². The molecule has 0 aromatic heterocycles. The molecule has 0 heterocycles. The van der Waals surface area contributed by atoms with Gasteiger partial charge in [-0.1, -0.05) is 48.5 Å². The number of amides is 1. The molecule has 0 bridgehead atoms. The summed E-state index contributed by atoms with van der Waals surface area (Å²) in [5, 5.41) is 2.76. The second-order valence-corrected chi connectivity index (χ2v) is 8.03. The summed E-state index contributed by atoms with van der Waals surface area (Å²) in [7, 11) is 1.54. The molecule has 1 unspecified atom stereocenters. The van der Waals surface area contributed by atoms with Gasteiger partial charge in [-0.15, -0.1) is 11.8 Å². The number of carbonyl (C=O) groups excluding carboxylic acids is 3. The lowest BCUT2D eigenvalue weighted by Crippen LogP contribution is -2.26. The molecule has 1 N–H and O–H groups in total. The molecular formula is C26H25NO5S. The summed E-state index contributed by atoms with van der Waals surface area (Å²) in [6.45, 7) is 0. The molecule has 3 aromatic carbocycles. The molecule has 6 nitrogen and oxygen atoms in total. The number of ketones is 1. The monoisotopic (exact) mass is 463 g/mol. The number of ether oxygens (including phenoxy) is 2. The third-order valence-electron chi connectivity index (χ3n) is 4.90. The second-order valence-electron chi connectivity index (χ2n) is 7.15. The number of anilines is 1. The highest BCUT2D eigenvalue weighted by atomic mass is 32.2. The number of carbonyl (C=O) groups is 3. The first-order valence-electron chi connectivity index (χ1n) is 10.4. The highest BCUT2D eigenvalue weighted by molar-refractivity contribution is 7.98. The molecule has 3 rings (SSSR count). The largest absolute Gasteiger partial charge is 0.497 e. The summed E-state index contributed by atoms with van der Waals surface area (Å²) < 4.78 is 10.7. The minimum Gasteiger partial charge on any atom is -0.497 e. The molecule has 3 aromatic rings. The summed E-state index contributed by atoms with van der Waals surface area (Å²) in [5.74, 6) is -0.692. The molecule has 0 aliphatic rings. The first-order valence-corrected chi connectivity index (χ1v) is 11.6. The van der Waals surface area contributed by atoms with Crippen LogP contribution in [0.25, 0.3) is 0 Å². The molecular weight excluding hydrogens is 438 g/mol. The molecule has 1 amide bonds. The van der Waals surface area contributed by atoms with E-state index in [4.69, 9.17) is 9.47 Å². The van der Waals surface area contributed by atoms with Crippen LogP contribution in [0.5, 0.6) is 5.75 Å². The van der Waals surface area contributed by atoms with Gasteiger partial charge in [-0.3, -0.25) is 14.4 Å². The highest BCUT2D eigenvalue weighted by Gasteiger charge is 2.25. The van der Waals surface area contributed by atoms with Crippen molar-refractivity contribution in [3.63, 3.8) is 0 Å². The minimum atomic E-state index is -1.15. The molecule has 0 spiro atoms. The van der Waals surface area contributed by atoms with Gasteiger partial charge in [0.1, 0.15) is 5.75 Å². The summed E-state index contributed by atoms with van der Waals surface area (Å²) in [6, 6.07) is 22.9. The van der Waals surface area contributed by atoms with Crippen molar-refractivity contribution in [2.24, 2.45) is 0 Å². The zero-order valence-corrected chi connectivity index (χ0v) is 19.3. The van der Waals surface area contributed by atoms with Gasteiger partial charge in [0.25, 0.3) is 5.91 Å². The maximum absolute atomic E-state index is 13.0. The number of thioether (sulfide) groups is 1. The fourth-order valence-corrected chi connectivity index (χ4v) is 3.54. The Hall–Kier alpha value is -3.58. The Morgan fingerprint density at radius 1 is 0.909 bits per heavy atom. The van der Waals surface area contributed by atoms with Gasteiger partial charge in [0.05, 0.1) is 13.5 Å². The Morgan fingerprint density at radius 2 is 1.64 bits per heavy atom. The minimum absolute atomic E-state index is 0.00351. The molecule has 0 saturated carbocycles. The lowest BCUT2D eigenvalue weighted by Gasteiger charge is -2.18. The fourth-order valence-electron chi connectivity index (χ4n) is 3.14. The van der Waals surface area contributed by atoms with E-state index in [2.05, 4.69) is 5.32 Å². The topological polar surface area (TPSA) is 81.7 Å². The Morgan fingerprint density at radius 3 is 2.30 bits per heavy atom. The number of Topliss-reactive ketones (excluding diaryl/α,β-unsaturated/α-hetero) is 1. The molecule has 0 radical (unpaired) electrons. The number of hydrogen-bond donors (Lipinski definition) is 1. The van der Waals surface area contributed by atoms with Crippen LogP contribution in [0.15, 0.2) is 83.8 Å². The number of rotatable bonds is 10. The first kappa shape index (κ1) is 24.1. The number of nitrogens with one attached hydrogen (secondary N) is 1. The van der Waals surface area contributed by atoms with Gasteiger partial charge in [0.2, 0.25) is 6.10 Å². The zero-order valence-electron chi connectivity index (χ0n) is 18.4. The van der Waals surface area contributed by atoms with Crippen molar-refractivity contribution in [2.75, 3.05) is 18.7 Å². The number of hydrogen-bond acceptors (Lipinski definition) is 6. The lowest BCUT2D eigenvalue weighted by molar-refractivity contribution is -0.154. The fraction of sp³-hybridized carbons (Fsp3) is 0.192. The molecule has 0 fully saturated rings. The van der Waals surface area contributed by atoms with E-state index in [1.54, 1.807) is 72.4 Å². The predicted octanol–water partition coefficient (Wildman–Crippen LogP) is 5.30. The van der Waals surface area contributed by atoms with E-state index in [0.717, 1.165) is 4.90 Å². The van der Waals surface area contributed by atoms with Gasteiger partial charge in [0.15, 0.2) is 5.78 Å². The van der Waals surface area contributed by atoms with E-state index in [1.165, 1.54) is 7.11 Å². The van der Waals surface area contributed by atoms with Crippen molar-refractivity contribution >= 4 is 35.1 Å². The number of benzene rings is 3. The van der Waals surface area contributed by atoms with Crippen LogP contribution in [-0.4, -0.2) is 31.0 Å². The van der Waals surface area contributed by atoms with Gasteiger partial charge in [-0.05, 0) is 30.5 Å². The smallest absolute Gasteiger partial charge is 0.307 e. The van der Waals surface area contributed by atoms with E-state index in [9.17, 15) is 14.4 Å². The normalized spacial score (nSPS) is 11.3. The first-order chi connectivity index (χ1) is 16.0. The van der Waals surface area contributed by atoms with Gasteiger partial charge in [0, 0.05) is 34.2 Å². The van der Waals surface area contributed by atoms with Gasteiger partial charge < -0.3 is 14.8 Å². The Labute approximate surface area is 197 Å².